The van der Waals surface area contributed by atoms with Gasteiger partial charge in [0, 0.05) is 30.0 Å². The van der Waals surface area contributed by atoms with Crippen molar-refractivity contribution in [1.29, 1.82) is 0 Å². The number of anilines is 2. The summed E-state index contributed by atoms with van der Waals surface area (Å²) in [6, 6.07) is 15.7. The number of hydrogen-bond acceptors (Lipinski definition) is 4. The number of aromatic nitrogens is 2. The largest absolute Gasteiger partial charge is 0.312 e. The average molecular weight is 425 g/mol. The van der Waals surface area contributed by atoms with E-state index in [1.165, 1.54) is 12.1 Å². The number of rotatable bonds is 6. The van der Waals surface area contributed by atoms with Gasteiger partial charge in [-0.05, 0) is 68.3 Å². The van der Waals surface area contributed by atoms with Crippen molar-refractivity contribution in [2.24, 2.45) is 0 Å². The van der Waals surface area contributed by atoms with Crippen LogP contribution in [0.15, 0.2) is 59.5 Å². The van der Waals surface area contributed by atoms with E-state index in [1.807, 2.05) is 42.8 Å². The minimum atomic E-state index is -3.74. The molecule has 1 aliphatic rings. The molecule has 30 heavy (non-hydrogen) atoms. The van der Waals surface area contributed by atoms with E-state index in [0.717, 1.165) is 29.1 Å². The Morgan fingerprint density at radius 1 is 1.07 bits per heavy atom. The standard InChI is InChI=1S/C22H24N4O3S/c1-16-13-17(2)26(23-16)15-18-5-3-6-19(14-18)24-30(28,29)21-10-8-20(9-11-21)25-12-4-7-22(25)27/h3,5-6,8-11,13-14,24H,4,7,12,15H2,1-2H3. The normalized spacial score (nSPS) is 14.3. The number of benzene rings is 2. The minimum Gasteiger partial charge on any atom is -0.312 e. The monoisotopic (exact) mass is 424 g/mol. The molecule has 0 radical (unpaired) electrons. The van der Waals surface area contributed by atoms with Crippen LogP contribution in [0, 0.1) is 13.8 Å². The molecule has 2 heterocycles. The molecule has 0 spiro atoms. The zero-order chi connectivity index (χ0) is 21.3. The van der Waals surface area contributed by atoms with Crippen LogP contribution in [0.3, 0.4) is 0 Å². The molecule has 0 aliphatic carbocycles. The van der Waals surface area contributed by atoms with Crippen molar-refractivity contribution in [3.05, 3.63) is 71.5 Å². The molecule has 1 aliphatic heterocycles. The summed E-state index contributed by atoms with van der Waals surface area (Å²) >= 11 is 0. The third-order valence-electron chi connectivity index (χ3n) is 5.15. The number of nitrogens with one attached hydrogen (secondary N) is 1. The van der Waals surface area contributed by atoms with Gasteiger partial charge in [0.2, 0.25) is 5.91 Å². The average Bonchev–Trinajstić information content (AvgIpc) is 3.26. The van der Waals surface area contributed by atoms with E-state index < -0.39 is 10.0 Å². The summed E-state index contributed by atoms with van der Waals surface area (Å²) in [7, 11) is -3.74. The summed E-state index contributed by atoms with van der Waals surface area (Å²) in [6.07, 6.45) is 1.37. The summed E-state index contributed by atoms with van der Waals surface area (Å²) in [6.45, 7) is 5.17. The topological polar surface area (TPSA) is 84.3 Å². The van der Waals surface area contributed by atoms with Crippen LogP contribution < -0.4 is 9.62 Å². The SMILES string of the molecule is Cc1cc(C)n(Cc2cccc(NS(=O)(=O)c3ccc(N4CCCC4=O)cc3)c2)n1. The van der Waals surface area contributed by atoms with Gasteiger partial charge in [0.05, 0.1) is 17.1 Å². The lowest BCUT2D eigenvalue weighted by molar-refractivity contribution is -0.117. The van der Waals surface area contributed by atoms with E-state index in [4.69, 9.17) is 0 Å². The van der Waals surface area contributed by atoms with E-state index in [-0.39, 0.29) is 10.8 Å². The molecule has 3 aromatic rings. The molecule has 0 atom stereocenters. The van der Waals surface area contributed by atoms with Gasteiger partial charge in [-0.3, -0.25) is 14.2 Å². The number of carbonyl (C=O) groups is 1. The predicted molar refractivity (Wildman–Crippen MR) is 116 cm³/mol. The Hall–Kier alpha value is -3.13. The van der Waals surface area contributed by atoms with Crippen molar-refractivity contribution in [3.8, 4) is 0 Å². The molecular formula is C22H24N4O3S. The van der Waals surface area contributed by atoms with E-state index in [9.17, 15) is 13.2 Å². The molecule has 2 aromatic carbocycles. The fourth-order valence-corrected chi connectivity index (χ4v) is 4.73. The zero-order valence-corrected chi connectivity index (χ0v) is 17.8. The first kappa shape index (κ1) is 20.2. The van der Waals surface area contributed by atoms with Gasteiger partial charge < -0.3 is 4.90 Å². The fourth-order valence-electron chi connectivity index (χ4n) is 3.68. The summed E-state index contributed by atoms with van der Waals surface area (Å²) in [5.74, 6) is 0.0724. The highest BCUT2D eigenvalue weighted by Crippen LogP contribution is 2.24. The van der Waals surface area contributed by atoms with Gasteiger partial charge in [0.25, 0.3) is 10.0 Å². The second kappa shape index (κ2) is 7.95. The van der Waals surface area contributed by atoms with Crippen LogP contribution >= 0.6 is 0 Å². The second-order valence-electron chi connectivity index (χ2n) is 7.53. The van der Waals surface area contributed by atoms with Gasteiger partial charge in [-0.25, -0.2) is 8.42 Å². The highest BCUT2D eigenvalue weighted by Gasteiger charge is 2.22. The Labute approximate surface area is 176 Å². The number of carbonyl (C=O) groups excluding carboxylic acids is 1. The highest BCUT2D eigenvalue weighted by molar-refractivity contribution is 7.92. The van der Waals surface area contributed by atoms with Gasteiger partial charge >= 0.3 is 0 Å². The molecule has 0 bridgehead atoms. The molecule has 0 saturated carbocycles. The summed E-state index contributed by atoms with van der Waals surface area (Å²) < 4.78 is 30.2. The first-order valence-electron chi connectivity index (χ1n) is 9.85. The third kappa shape index (κ3) is 4.23. The van der Waals surface area contributed by atoms with Crippen LogP contribution in [0.4, 0.5) is 11.4 Å². The van der Waals surface area contributed by atoms with E-state index in [0.29, 0.717) is 25.2 Å². The molecule has 156 valence electrons. The van der Waals surface area contributed by atoms with Crippen LogP contribution in [-0.2, 0) is 21.4 Å². The minimum absolute atomic E-state index is 0.0724. The van der Waals surface area contributed by atoms with Gasteiger partial charge in [-0.2, -0.15) is 5.10 Å². The van der Waals surface area contributed by atoms with Crippen LogP contribution in [0.25, 0.3) is 0 Å². The highest BCUT2D eigenvalue weighted by atomic mass is 32.2. The molecule has 1 aromatic heterocycles. The first-order valence-corrected chi connectivity index (χ1v) is 11.3. The molecule has 1 N–H and O–H groups in total. The van der Waals surface area contributed by atoms with Crippen LogP contribution in [0.2, 0.25) is 0 Å². The number of nitrogens with zero attached hydrogens (tertiary/aromatic N) is 3. The van der Waals surface area contributed by atoms with E-state index in [1.54, 1.807) is 23.1 Å². The van der Waals surface area contributed by atoms with Crippen LogP contribution in [-0.4, -0.2) is 30.7 Å². The first-order chi connectivity index (χ1) is 14.3. The van der Waals surface area contributed by atoms with Crippen molar-refractivity contribution in [2.75, 3.05) is 16.2 Å². The maximum atomic E-state index is 12.8. The lowest BCUT2D eigenvalue weighted by atomic mass is 10.2. The maximum absolute atomic E-state index is 12.8. The summed E-state index contributed by atoms with van der Waals surface area (Å²) in [4.78, 5) is 13.7. The maximum Gasteiger partial charge on any atom is 0.261 e. The Kier molecular flexibility index (Phi) is 5.34. The van der Waals surface area contributed by atoms with Gasteiger partial charge in [-0.15, -0.1) is 0 Å². The second-order valence-corrected chi connectivity index (χ2v) is 9.22. The molecular weight excluding hydrogens is 400 g/mol. The van der Waals surface area contributed by atoms with Crippen molar-refractivity contribution >= 4 is 27.3 Å². The van der Waals surface area contributed by atoms with Crippen molar-refractivity contribution < 1.29 is 13.2 Å². The molecule has 1 fully saturated rings. The Morgan fingerprint density at radius 2 is 1.83 bits per heavy atom. The Balaban J connectivity index is 1.50. The predicted octanol–water partition coefficient (Wildman–Crippen LogP) is 3.48. The van der Waals surface area contributed by atoms with Crippen molar-refractivity contribution in [2.45, 2.75) is 38.1 Å². The van der Waals surface area contributed by atoms with E-state index >= 15 is 0 Å². The number of aryl methyl sites for hydroxylation is 2. The van der Waals surface area contributed by atoms with Crippen molar-refractivity contribution in [1.82, 2.24) is 9.78 Å². The lowest BCUT2D eigenvalue weighted by Gasteiger charge is -2.16. The number of sulfonamides is 1. The number of hydrogen-bond donors (Lipinski definition) is 1. The fraction of sp³-hybridized carbons (Fsp3) is 0.273. The van der Waals surface area contributed by atoms with Crippen LogP contribution in [0.1, 0.15) is 29.8 Å². The zero-order valence-electron chi connectivity index (χ0n) is 17.0. The summed E-state index contributed by atoms with van der Waals surface area (Å²) in [5.41, 5.74) is 4.17. The van der Waals surface area contributed by atoms with Crippen molar-refractivity contribution in [3.63, 3.8) is 0 Å². The molecule has 8 heteroatoms. The molecule has 7 nitrogen and oxygen atoms in total. The molecule has 0 unspecified atom stereocenters. The van der Waals surface area contributed by atoms with E-state index in [2.05, 4.69) is 9.82 Å². The Bertz CT molecular complexity index is 1180. The third-order valence-corrected chi connectivity index (χ3v) is 6.54. The van der Waals surface area contributed by atoms with Crippen LogP contribution in [0.5, 0.6) is 0 Å². The Morgan fingerprint density at radius 3 is 2.47 bits per heavy atom. The molecule has 1 amide bonds. The quantitative estimate of drug-likeness (QED) is 0.657. The summed E-state index contributed by atoms with van der Waals surface area (Å²) in [5, 5.41) is 4.45. The lowest BCUT2D eigenvalue weighted by Crippen LogP contribution is -2.23. The van der Waals surface area contributed by atoms with Gasteiger partial charge in [0.15, 0.2) is 0 Å². The smallest absolute Gasteiger partial charge is 0.261 e. The van der Waals surface area contributed by atoms with Gasteiger partial charge in [-0.1, -0.05) is 12.1 Å². The molecule has 1 saturated heterocycles. The van der Waals surface area contributed by atoms with Gasteiger partial charge in [0.1, 0.15) is 0 Å². The number of amides is 1. The molecule has 4 rings (SSSR count).